The molecule has 3 aromatic heterocycles. The van der Waals surface area contributed by atoms with Crippen molar-refractivity contribution in [1.29, 1.82) is 0 Å². The molecule has 0 bridgehead atoms. The lowest BCUT2D eigenvalue weighted by molar-refractivity contribution is 0.0189. The summed E-state index contributed by atoms with van der Waals surface area (Å²) >= 11 is 0. The van der Waals surface area contributed by atoms with Gasteiger partial charge >= 0.3 is 18.5 Å². The van der Waals surface area contributed by atoms with Crippen molar-refractivity contribution < 1.29 is 56.1 Å². The molecule has 0 aliphatic carbocycles. The van der Waals surface area contributed by atoms with Gasteiger partial charge in [0.25, 0.3) is 0 Å². The lowest BCUT2D eigenvalue weighted by Crippen LogP contribution is -2.27. The van der Waals surface area contributed by atoms with Gasteiger partial charge in [-0.25, -0.2) is 14.4 Å². The highest BCUT2D eigenvalue weighted by Crippen LogP contribution is 2.44. The minimum absolute atomic E-state index is 0.114. The molecule has 0 N–H and O–H groups in total. The predicted octanol–water partition coefficient (Wildman–Crippen LogP) is 23.9. The number of carbonyl (C=O) groups is 3. The maximum atomic E-state index is 13.3. The summed E-state index contributed by atoms with van der Waals surface area (Å²) in [7, 11) is 0. The third-order valence-corrected chi connectivity index (χ3v) is 16.1. The first-order valence-corrected chi connectivity index (χ1v) is 34.6. The van der Waals surface area contributed by atoms with Crippen LogP contribution in [0.2, 0.25) is 0 Å². The third kappa shape index (κ3) is 19.3. The Kier molecular flexibility index (Phi) is 21.0. The Hall–Kier alpha value is -11.1. The lowest BCUT2D eigenvalue weighted by Gasteiger charge is -2.25. The van der Waals surface area contributed by atoms with Crippen molar-refractivity contribution in [1.82, 2.24) is 0 Å². The van der Waals surface area contributed by atoms with Crippen LogP contribution in [0.3, 0.4) is 0 Å². The Morgan fingerprint density at radius 2 is 0.670 bits per heavy atom. The molecule has 12 heteroatoms. The molecule has 0 saturated carbocycles. The zero-order valence-electron chi connectivity index (χ0n) is 63.1. The second-order valence-corrected chi connectivity index (χ2v) is 32.7. The molecule has 0 aliphatic heterocycles. The largest absolute Gasteiger partial charge is 0.514 e. The highest BCUT2D eigenvalue weighted by Gasteiger charge is 2.31. The van der Waals surface area contributed by atoms with Crippen LogP contribution in [0.4, 0.5) is 14.4 Å². The van der Waals surface area contributed by atoms with Crippen molar-refractivity contribution in [2.75, 3.05) is 0 Å². The average Bonchev–Trinajstić information content (AvgIpc) is 1.62. The molecular formula is C91H92O12. The highest BCUT2D eigenvalue weighted by molar-refractivity contribution is 5.95. The molecule has 0 saturated heterocycles. The fraction of sp³-hybridized carbons (Fsp3) is 0.308. The van der Waals surface area contributed by atoms with Crippen molar-refractivity contribution in [3.05, 3.63) is 232 Å². The van der Waals surface area contributed by atoms with E-state index in [1.165, 1.54) is 0 Å². The second-order valence-electron chi connectivity index (χ2n) is 32.7. The number of rotatable bonds is 6. The molecule has 0 fully saturated rings. The van der Waals surface area contributed by atoms with Crippen LogP contribution >= 0.6 is 0 Å². The Balaban J connectivity index is 0.000000239. The fourth-order valence-corrected chi connectivity index (χ4v) is 11.3. The molecule has 11 rings (SSSR count). The second kappa shape index (κ2) is 29.1. The summed E-state index contributed by atoms with van der Waals surface area (Å²) in [6.45, 7) is 41.1. The van der Waals surface area contributed by atoms with Crippen molar-refractivity contribution >= 4 is 51.4 Å². The van der Waals surface area contributed by atoms with Crippen molar-refractivity contribution in [3.8, 4) is 86.7 Å². The molecule has 11 aromatic rings. The zero-order chi connectivity index (χ0) is 74.8. The van der Waals surface area contributed by atoms with Gasteiger partial charge in [-0.3, -0.25) is 0 Å². The van der Waals surface area contributed by atoms with E-state index in [1.807, 2.05) is 120 Å². The van der Waals surface area contributed by atoms with Gasteiger partial charge in [0.15, 0.2) is 11.5 Å². The topological polar surface area (TPSA) is 146 Å². The summed E-state index contributed by atoms with van der Waals surface area (Å²) in [6, 6.07) is 57.2. The molecule has 12 nitrogen and oxygen atoms in total. The molecule has 0 atom stereocenters. The van der Waals surface area contributed by atoms with E-state index in [1.54, 1.807) is 98.7 Å². The van der Waals surface area contributed by atoms with Crippen LogP contribution in [-0.2, 0) is 35.9 Å². The van der Waals surface area contributed by atoms with Gasteiger partial charge in [-0.05, 0) is 181 Å². The van der Waals surface area contributed by atoms with Crippen molar-refractivity contribution in [2.45, 2.75) is 184 Å². The monoisotopic (exact) mass is 1380 g/mol. The third-order valence-electron chi connectivity index (χ3n) is 16.1. The van der Waals surface area contributed by atoms with Gasteiger partial charge in [0, 0.05) is 71.8 Å². The van der Waals surface area contributed by atoms with Crippen LogP contribution in [0, 0.1) is 35.5 Å². The summed E-state index contributed by atoms with van der Waals surface area (Å²) in [4.78, 5) is 39.0. The highest BCUT2D eigenvalue weighted by atomic mass is 16.7. The maximum Gasteiger partial charge on any atom is 0.514 e. The van der Waals surface area contributed by atoms with E-state index < -0.39 is 46.1 Å². The van der Waals surface area contributed by atoms with Gasteiger partial charge in [-0.15, -0.1) is 0 Å². The SMILES string of the molecule is CC(C)(C)OC(=O)Oc1ccccc1C#Cc1cc(C#Cc2cc(C#Cc3ccccc3)c(OC(=O)OC(C)(C)C)c(C(C)(C)C)c2)c(OC(=O)OC(C)(C)C)c(C(C)(C)C)c1.CC(C)(C)c1cc(-c2cc3ccccc3o2)cc2cc(-c3cc(C(C)(C)C)c4oc(-c5ccccc5)cc4c3)oc12. The van der Waals surface area contributed by atoms with Gasteiger partial charge in [0.05, 0.1) is 16.7 Å². The summed E-state index contributed by atoms with van der Waals surface area (Å²) in [5.41, 5.74) is 8.92. The van der Waals surface area contributed by atoms with E-state index in [2.05, 4.69) is 138 Å². The molecule has 8 aromatic carbocycles. The zero-order valence-corrected chi connectivity index (χ0v) is 63.1. The van der Waals surface area contributed by atoms with Crippen molar-refractivity contribution in [3.63, 3.8) is 0 Å². The Morgan fingerprint density at radius 3 is 1.12 bits per heavy atom. The van der Waals surface area contributed by atoms with Gasteiger partial charge < -0.3 is 41.7 Å². The first-order chi connectivity index (χ1) is 48.1. The number of carbonyl (C=O) groups excluding carboxylic acids is 3. The molecule has 0 aliphatic rings. The number of fused-ring (bicyclic) bond motifs is 3. The molecule has 528 valence electrons. The van der Waals surface area contributed by atoms with E-state index in [9.17, 15) is 14.4 Å². The van der Waals surface area contributed by atoms with Crippen LogP contribution in [0.1, 0.15) is 201 Å². The predicted molar refractivity (Wildman–Crippen MR) is 411 cm³/mol. The molecule has 0 spiro atoms. The molecule has 0 unspecified atom stereocenters. The van der Waals surface area contributed by atoms with Gasteiger partial charge in [-0.2, -0.15) is 0 Å². The van der Waals surface area contributed by atoms with E-state index in [4.69, 9.17) is 41.7 Å². The Bertz CT molecular complexity index is 5170. The number of furan rings is 3. The number of hydrogen-bond donors (Lipinski definition) is 0. The molecular weight excluding hydrogens is 1280 g/mol. The Morgan fingerprint density at radius 1 is 0.301 bits per heavy atom. The smallest absolute Gasteiger partial charge is 0.456 e. The first-order valence-electron chi connectivity index (χ1n) is 34.6. The van der Waals surface area contributed by atoms with Crippen LogP contribution in [0.5, 0.6) is 17.2 Å². The normalized spacial score (nSPS) is 12.0. The molecule has 103 heavy (non-hydrogen) atoms. The summed E-state index contributed by atoms with van der Waals surface area (Å²) < 4.78 is 53.4. The minimum Gasteiger partial charge on any atom is -0.456 e. The fourth-order valence-electron chi connectivity index (χ4n) is 11.3. The number of ether oxygens (including phenoxy) is 6. The van der Waals surface area contributed by atoms with Crippen LogP contribution in [-0.4, -0.2) is 35.3 Å². The maximum absolute atomic E-state index is 13.3. The number of para-hydroxylation sites is 2. The summed E-state index contributed by atoms with van der Waals surface area (Å²) in [5, 5.41) is 3.24. The molecule has 0 amide bonds. The summed E-state index contributed by atoms with van der Waals surface area (Å²) in [5.74, 6) is 22.6. The van der Waals surface area contributed by atoms with Crippen LogP contribution in [0.15, 0.2) is 189 Å². The molecule has 3 heterocycles. The standard InChI is InChI=1S/C53H58O9.C38H34O3/c1-49(2,3)41-33-36(26-28-38-23-19-20-24-43(38)57-46(54)60-51(7,8)9)31-40(45(41)59-48(56)62-53(13,14)15)30-27-37-32-39(29-25-35-21-17-16-18-22-35)44(42(34-37)50(4,5)6)58-47(55)61-52(10,11)12;1-37(2,3)29-18-25(33-20-24-14-10-11-15-31(24)39-33)16-28-22-34(41-36(28)29)26-17-27-21-32(23-12-8-7-9-13-23)40-35(27)30(19-26)38(4,5)6/h16-24,31-34H,1-15H3;7-22H,1-6H3. The van der Waals surface area contributed by atoms with Gasteiger partial charge in [0.2, 0.25) is 0 Å². The minimum atomic E-state index is -0.893. The number of hydrogen-bond acceptors (Lipinski definition) is 12. The van der Waals surface area contributed by atoms with Gasteiger partial charge in [-0.1, -0.05) is 197 Å². The lowest BCUT2D eigenvalue weighted by atomic mass is 9.83. The number of benzene rings is 8. The van der Waals surface area contributed by atoms with E-state index >= 15 is 0 Å². The van der Waals surface area contributed by atoms with Gasteiger partial charge in [0.1, 0.15) is 56.6 Å². The Labute approximate surface area is 606 Å². The van der Waals surface area contributed by atoms with Crippen molar-refractivity contribution in [2.24, 2.45) is 0 Å². The molecule has 0 radical (unpaired) electrons. The summed E-state index contributed by atoms with van der Waals surface area (Å²) in [6.07, 6.45) is -2.60. The van der Waals surface area contributed by atoms with E-state index in [0.29, 0.717) is 38.9 Å². The van der Waals surface area contributed by atoms with E-state index in [0.717, 1.165) is 83.6 Å². The van der Waals surface area contributed by atoms with Crippen LogP contribution in [0.25, 0.3) is 66.9 Å². The first kappa shape index (κ1) is 74.6. The van der Waals surface area contributed by atoms with E-state index in [-0.39, 0.29) is 28.1 Å². The average molecular weight is 1380 g/mol. The quantitative estimate of drug-likeness (QED) is 0.0676. The van der Waals surface area contributed by atoms with Crippen LogP contribution < -0.4 is 14.2 Å².